The maximum Gasteiger partial charge on any atom is 0.293 e. The van der Waals surface area contributed by atoms with Gasteiger partial charge >= 0.3 is 0 Å². The van der Waals surface area contributed by atoms with E-state index >= 15 is 0 Å². The summed E-state index contributed by atoms with van der Waals surface area (Å²) in [5.41, 5.74) is 0.586. The molecule has 1 aliphatic rings. The van der Waals surface area contributed by atoms with Crippen LogP contribution in [-0.2, 0) is 20.3 Å². The minimum Gasteiger partial charge on any atom is -0.383 e. The van der Waals surface area contributed by atoms with Crippen LogP contribution in [0.2, 0.25) is 0 Å². The minimum absolute atomic E-state index is 0.124. The Morgan fingerprint density at radius 3 is 2.37 bits per heavy atom. The van der Waals surface area contributed by atoms with Gasteiger partial charge in [0.2, 0.25) is 0 Å². The van der Waals surface area contributed by atoms with Crippen molar-refractivity contribution in [1.29, 1.82) is 0 Å². The number of nitro groups is 1. The molecule has 0 aliphatic carbocycles. The molecular formula is C20H24FN3O5S. The summed E-state index contributed by atoms with van der Waals surface area (Å²) < 4.78 is 43.6. The number of nitro benzene ring substituents is 1. The van der Waals surface area contributed by atoms with Crippen molar-refractivity contribution in [3.8, 4) is 0 Å². The molecule has 1 fully saturated rings. The van der Waals surface area contributed by atoms with E-state index in [-0.39, 0.29) is 16.3 Å². The lowest BCUT2D eigenvalue weighted by atomic mass is 10.2. The van der Waals surface area contributed by atoms with Gasteiger partial charge in [0.25, 0.3) is 5.69 Å². The zero-order chi connectivity index (χ0) is 21.7. The summed E-state index contributed by atoms with van der Waals surface area (Å²) in [7, 11) is -2.17. The third-order valence-corrected chi connectivity index (χ3v) is 6.78. The number of rotatable bonds is 8. The van der Waals surface area contributed by atoms with Crippen molar-refractivity contribution in [2.75, 3.05) is 51.3 Å². The second-order valence-electron chi connectivity index (χ2n) is 7.11. The molecule has 0 aromatic heterocycles. The number of benzene rings is 2. The van der Waals surface area contributed by atoms with Crippen molar-refractivity contribution >= 4 is 21.2 Å². The van der Waals surface area contributed by atoms with Crippen LogP contribution in [0.4, 0.5) is 15.8 Å². The molecule has 0 bridgehead atoms. The standard InChI is InChI=1S/C20H24FN3O5S/c1-29-13-12-22-8-10-23(11-9-22)19-7-6-18(14-20(19)24(25)26)30(27,28)15-16-2-4-17(21)5-3-16/h2-7,14H,8-13,15H2,1H3. The Morgan fingerprint density at radius 1 is 1.10 bits per heavy atom. The summed E-state index contributed by atoms with van der Waals surface area (Å²) in [4.78, 5) is 15.1. The molecule has 162 valence electrons. The molecular weight excluding hydrogens is 413 g/mol. The van der Waals surface area contributed by atoms with Crippen LogP contribution < -0.4 is 4.90 Å². The van der Waals surface area contributed by atoms with Crippen molar-refractivity contribution < 1.29 is 22.5 Å². The highest BCUT2D eigenvalue weighted by Crippen LogP contribution is 2.32. The van der Waals surface area contributed by atoms with Gasteiger partial charge in [-0.25, -0.2) is 12.8 Å². The molecule has 2 aromatic rings. The normalized spacial score (nSPS) is 15.3. The molecule has 1 aliphatic heterocycles. The molecule has 0 saturated carbocycles. The smallest absolute Gasteiger partial charge is 0.293 e. The van der Waals surface area contributed by atoms with Crippen LogP contribution >= 0.6 is 0 Å². The van der Waals surface area contributed by atoms with Crippen molar-refractivity contribution in [3.63, 3.8) is 0 Å². The predicted octanol–water partition coefficient (Wildman–Crippen LogP) is 2.48. The molecule has 3 rings (SSSR count). The fourth-order valence-corrected chi connectivity index (χ4v) is 4.79. The first kappa shape index (κ1) is 22.1. The van der Waals surface area contributed by atoms with Gasteiger partial charge in [0.1, 0.15) is 11.5 Å². The maximum atomic E-state index is 13.1. The SMILES string of the molecule is COCCN1CCN(c2ccc(S(=O)(=O)Cc3ccc(F)cc3)cc2[N+](=O)[O-])CC1. The predicted molar refractivity (Wildman–Crippen MR) is 111 cm³/mol. The van der Waals surface area contributed by atoms with Gasteiger partial charge in [-0.05, 0) is 29.8 Å². The Kier molecular flexibility index (Phi) is 7.01. The van der Waals surface area contributed by atoms with Crippen LogP contribution in [0.3, 0.4) is 0 Å². The third kappa shape index (κ3) is 5.32. The van der Waals surface area contributed by atoms with Gasteiger partial charge in [-0.15, -0.1) is 0 Å². The number of piperazine rings is 1. The molecule has 2 aromatic carbocycles. The molecule has 30 heavy (non-hydrogen) atoms. The molecule has 8 nitrogen and oxygen atoms in total. The Balaban J connectivity index is 1.80. The van der Waals surface area contributed by atoms with Gasteiger partial charge in [0, 0.05) is 45.9 Å². The van der Waals surface area contributed by atoms with E-state index in [9.17, 15) is 22.9 Å². The summed E-state index contributed by atoms with van der Waals surface area (Å²) >= 11 is 0. The lowest BCUT2D eigenvalue weighted by Gasteiger charge is -2.35. The van der Waals surface area contributed by atoms with Crippen molar-refractivity contribution in [1.82, 2.24) is 4.90 Å². The zero-order valence-electron chi connectivity index (χ0n) is 16.7. The molecule has 1 saturated heterocycles. The van der Waals surface area contributed by atoms with Gasteiger partial charge in [0.15, 0.2) is 9.84 Å². The Bertz CT molecular complexity index is 990. The molecule has 10 heteroatoms. The average molecular weight is 437 g/mol. The molecule has 0 radical (unpaired) electrons. The van der Waals surface area contributed by atoms with Gasteiger partial charge in [0.05, 0.1) is 22.2 Å². The van der Waals surface area contributed by atoms with Crippen LogP contribution in [0.25, 0.3) is 0 Å². The van der Waals surface area contributed by atoms with Crippen LogP contribution in [-0.4, -0.2) is 64.7 Å². The van der Waals surface area contributed by atoms with E-state index in [0.29, 0.717) is 30.9 Å². The van der Waals surface area contributed by atoms with E-state index in [2.05, 4.69) is 4.90 Å². The lowest BCUT2D eigenvalue weighted by molar-refractivity contribution is -0.384. The monoisotopic (exact) mass is 437 g/mol. The Hall–Kier alpha value is -2.56. The number of anilines is 1. The molecule has 0 N–H and O–H groups in total. The number of methoxy groups -OCH3 is 1. The highest BCUT2D eigenvalue weighted by Gasteiger charge is 2.26. The van der Waals surface area contributed by atoms with Gasteiger partial charge in [-0.1, -0.05) is 12.1 Å². The first-order valence-corrected chi connectivity index (χ1v) is 11.2. The van der Waals surface area contributed by atoms with E-state index in [1.165, 1.54) is 36.4 Å². The number of hydrogen-bond donors (Lipinski definition) is 0. The average Bonchev–Trinajstić information content (AvgIpc) is 2.73. The van der Waals surface area contributed by atoms with Crippen LogP contribution in [0, 0.1) is 15.9 Å². The number of hydrogen-bond acceptors (Lipinski definition) is 7. The van der Waals surface area contributed by atoms with E-state index in [0.717, 1.165) is 25.7 Å². The van der Waals surface area contributed by atoms with Crippen molar-refractivity contribution in [3.05, 3.63) is 64.0 Å². The first-order valence-electron chi connectivity index (χ1n) is 9.52. The van der Waals surface area contributed by atoms with Crippen molar-refractivity contribution in [2.45, 2.75) is 10.6 Å². The van der Waals surface area contributed by atoms with E-state index in [1.807, 2.05) is 4.90 Å². The second-order valence-corrected chi connectivity index (χ2v) is 9.10. The van der Waals surface area contributed by atoms with Crippen LogP contribution in [0.15, 0.2) is 47.4 Å². The summed E-state index contributed by atoms with van der Waals surface area (Å²) in [5.74, 6) is -0.819. The Labute approximate surface area is 174 Å². The van der Waals surface area contributed by atoms with Gasteiger partial charge in [-0.3, -0.25) is 15.0 Å². The summed E-state index contributed by atoms with van der Waals surface area (Å²) in [6, 6.07) is 9.16. The fourth-order valence-electron chi connectivity index (χ4n) is 3.43. The first-order chi connectivity index (χ1) is 14.3. The summed E-state index contributed by atoms with van der Waals surface area (Å²) in [6.45, 7) is 4.11. The quantitative estimate of drug-likeness (QED) is 0.463. The van der Waals surface area contributed by atoms with Gasteiger partial charge in [-0.2, -0.15) is 0 Å². The van der Waals surface area contributed by atoms with Crippen molar-refractivity contribution in [2.24, 2.45) is 0 Å². The topological polar surface area (TPSA) is 93.0 Å². The highest BCUT2D eigenvalue weighted by atomic mass is 32.2. The fraction of sp³-hybridized carbons (Fsp3) is 0.400. The molecule has 1 heterocycles. The number of nitrogens with zero attached hydrogens (tertiary/aromatic N) is 3. The summed E-state index contributed by atoms with van der Waals surface area (Å²) in [5, 5.41) is 11.7. The van der Waals surface area contributed by atoms with Crippen LogP contribution in [0.1, 0.15) is 5.56 Å². The lowest BCUT2D eigenvalue weighted by Crippen LogP contribution is -2.47. The highest BCUT2D eigenvalue weighted by molar-refractivity contribution is 7.90. The number of ether oxygens (including phenoxy) is 1. The Morgan fingerprint density at radius 2 is 1.77 bits per heavy atom. The maximum absolute atomic E-state index is 13.1. The number of halogens is 1. The third-order valence-electron chi connectivity index (χ3n) is 5.10. The number of sulfone groups is 1. The largest absolute Gasteiger partial charge is 0.383 e. The summed E-state index contributed by atoms with van der Waals surface area (Å²) in [6.07, 6.45) is 0. The van der Waals surface area contributed by atoms with E-state index < -0.39 is 20.6 Å². The molecule has 0 atom stereocenters. The van der Waals surface area contributed by atoms with E-state index in [1.54, 1.807) is 7.11 Å². The molecule has 0 amide bonds. The van der Waals surface area contributed by atoms with Crippen LogP contribution in [0.5, 0.6) is 0 Å². The van der Waals surface area contributed by atoms with Gasteiger partial charge < -0.3 is 9.64 Å². The second kappa shape index (κ2) is 9.50. The molecule has 0 unspecified atom stereocenters. The zero-order valence-corrected chi connectivity index (χ0v) is 17.5. The molecule has 0 spiro atoms. The van der Waals surface area contributed by atoms with E-state index in [4.69, 9.17) is 4.74 Å². The minimum atomic E-state index is -3.82.